The molecule has 0 bridgehead atoms. The second kappa shape index (κ2) is 9.06. The number of thiazole rings is 1. The molecule has 0 unspecified atom stereocenters. The summed E-state index contributed by atoms with van der Waals surface area (Å²) in [5, 5.41) is 10.8. The van der Waals surface area contributed by atoms with Crippen molar-refractivity contribution in [3.63, 3.8) is 0 Å². The van der Waals surface area contributed by atoms with Crippen LogP contribution in [0.2, 0.25) is 5.02 Å². The van der Waals surface area contributed by atoms with Crippen LogP contribution in [0.5, 0.6) is 5.75 Å². The molecule has 1 aliphatic heterocycles. The number of rotatable bonds is 7. The number of carbonyl (C=O) groups is 1. The van der Waals surface area contributed by atoms with Gasteiger partial charge in [0.15, 0.2) is 5.13 Å². The average Bonchev–Trinajstić information content (AvgIpc) is 3.15. The first-order valence-electron chi connectivity index (χ1n) is 9.92. The molecule has 1 fully saturated rings. The number of carboxylic acids is 1. The third kappa shape index (κ3) is 4.94. The van der Waals surface area contributed by atoms with E-state index in [4.69, 9.17) is 26.4 Å². The number of carboxylic acid groups (broad SMARTS) is 1. The normalized spacial score (nSPS) is 14.8. The van der Waals surface area contributed by atoms with E-state index in [2.05, 4.69) is 11.5 Å². The van der Waals surface area contributed by atoms with Crippen molar-refractivity contribution in [2.75, 3.05) is 24.6 Å². The van der Waals surface area contributed by atoms with E-state index in [-0.39, 0.29) is 6.42 Å². The largest absolute Gasteiger partial charge is 0.493 e. The fraction of sp³-hybridized carbons (Fsp3) is 0.304. The van der Waals surface area contributed by atoms with Gasteiger partial charge in [-0.1, -0.05) is 41.7 Å². The molecule has 1 aliphatic rings. The van der Waals surface area contributed by atoms with E-state index >= 15 is 0 Å². The number of fused-ring (bicyclic) bond motifs is 1. The molecule has 2 heterocycles. The molecule has 0 spiro atoms. The van der Waals surface area contributed by atoms with Gasteiger partial charge in [0.1, 0.15) is 5.75 Å². The van der Waals surface area contributed by atoms with Crippen molar-refractivity contribution in [3.8, 4) is 5.75 Å². The molecule has 0 radical (unpaired) electrons. The summed E-state index contributed by atoms with van der Waals surface area (Å²) >= 11 is 7.77. The van der Waals surface area contributed by atoms with E-state index in [1.54, 1.807) is 17.4 Å². The van der Waals surface area contributed by atoms with Crippen LogP contribution in [0.15, 0.2) is 43.0 Å². The standard InChI is InChI=1S/C23H23ClN2O3S/c1-2-15-9-17(12-22(27)28)11-19(10-15)29-14-16-5-7-26(8-6-16)23-25-20-4-3-18(24)13-21(20)30-23/h2-4,9-11,13,16H,1,5-8,12,14H2,(H,27,28). The number of ether oxygens (including phenoxy) is 1. The van der Waals surface area contributed by atoms with E-state index in [1.165, 1.54) is 0 Å². The molecule has 0 atom stereocenters. The summed E-state index contributed by atoms with van der Waals surface area (Å²) in [6.45, 7) is 6.29. The minimum absolute atomic E-state index is 0.0240. The number of hydrogen-bond donors (Lipinski definition) is 1. The minimum Gasteiger partial charge on any atom is -0.493 e. The highest BCUT2D eigenvalue weighted by molar-refractivity contribution is 7.22. The summed E-state index contributed by atoms with van der Waals surface area (Å²) in [5.74, 6) is 0.307. The summed E-state index contributed by atoms with van der Waals surface area (Å²) in [6, 6.07) is 11.4. The number of piperidine rings is 1. The first-order valence-corrected chi connectivity index (χ1v) is 11.1. The molecule has 2 aromatic carbocycles. The van der Waals surface area contributed by atoms with Crippen molar-refractivity contribution in [2.45, 2.75) is 19.3 Å². The van der Waals surface area contributed by atoms with E-state index < -0.39 is 5.97 Å². The lowest BCUT2D eigenvalue weighted by Crippen LogP contribution is -2.35. The van der Waals surface area contributed by atoms with E-state index in [9.17, 15) is 4.79 Å². The SMILES string of the molecule is C=Cc1cc(CC(=O)O)cc(OCC2CCN(c3nc4ccc(Cl)cc4s3)CC2)c1. The van der Waals surface area contributed by atoms with Crippen LogP contribution in [-0.2, 0) is 11.2 Å². The van der Waals surface area contributed by atoms with Crippen LogP contribution in [0.25, 0.3) is 16.3 Å². The Kier molecular flexibility index (Phi) is 6.25. The number of hydrogen-bond acceptors (Lipinski definition) is 5. The van der Waals surface area contributed by atoms with Gasteiger partial charge in [-0.25, -0.2) is 4.98 Å². The van der Waals surface area contributed by atoms with Gasteiger partial charge in [0, 0.05) is 18.1 Å². The molecule has 3 aromatic rings. The van der Waals surface area contributed by atoms with Crippen molar-refractivity contribution in [1.29, 1.82) is 0 Å². The van der Waals surface area contributed by atoms with Gasteiger partial charge in [0.25, 0.3) is 0 Å². The Hall–Kier alpha value is -2.57. The number of anilines is 1. The Balaban J connectivity index is 1.34. The maximum absolute atomic E-state index is 11.0. The summed E-state index contributed by atoms with van der Waals surface area (Å²) in [4.78, 5) is 18.1. The topological polar surface area (TPSA) is 62.7 Å². The first-order chi connectivity index (χ1) is 14.5. The molecular formula is C23H23ClN2O3S. The zero-order chi connectivity index (χ0) is 21.1. The lowest BCUT2D eigenvalue weighted by atomic mass is 9.98. The van der Waals surface area contributed by atoms with E-state index in [0.29, 0.717) is 18.3 Å². The molecule has 156 valence electrons. The summed E-state index contributed by atoms with van der Waals surface area (Å²) in [6.07, 6.45) is 3.74. The lowest BCUT2D eigenvalue weighted by molar-refractivity contribution is -0.136. The Labute approximate surface area is 184 Å². The molecule has 1 saturated heterocycles. The minimum atomic E-state index is -0.855. The highest BCUT2D eigenvalue weighted by atomic mass is 35.5. The molecule has 4 rings (SSSR count). The Bertz CT molecular complexity index is 1070. The van der Waals surface area contributed by atoms with Crippen molar-refractivity contribution >= 4 is 50.3 Å². The Morgan fingerprint density at radius 3 is 2.83 bits per heavy atom. The molecule has 7 heteroatoms. The number of aromatic nitrogens is 1. The third-order valence-corrected chi connectivity index (χ3v) is 6.60. The van der Waals surface area contributed by atoms with Gasteiger partial charge in [-0.2, -0.15) is 0 Å². The van der Waals surface area contributed by atoms with Crippen LogP contribution in [-0.4, -0.2) is 35.8 Å². The van der Waals surface area contributed by atoms with Crippen molar-refractivity contribution in [3.05, 3.63) is 59.1 Å². The predicted molar refractivity (Wildman–Crippen MR) is 123 cm³/mol. The molecule has 0 aliphatic carbocycles. The Morgan fingerprint density at radius 2 is 2.10 bits per heavy atom. The quantitative estimate of drug-likeness (QED) is 0.522. The van der Waals surface area contributed by atoms with Crippen LogP contribution < -0.4 is 9.64 Å². The fourth-order valence-electron chi connectivity index (χ4n) is 3.69. The number of benzene rings is 2. The molecule has 0 amide bonds. The summed E-state index contributed by atoms with van der Waals surface area (Å²) in [7, 11) is 0. The highest BCUT2D eigenvalue weighted by Crippen LogP contribution is 2.33. The number of nitrogens with zero attached hydrogens (tertiary/aromatic N) is 2. The first kappa shape index (κ1) is 20.7. The average molecular weight is 443 g/mol. The van der Waals surface area contributed by atoms with Gasteiger partial charge in [-0.15, -0.1) is 0 Å². The van der Waals surface area contributed by atoms with Crippen molar-refractivity contribution in [2.24, 2.45) is 5.92 Å². The predicted octanol–water partition coefficient (Wildman–Crippen LogP) is 5.52. The fourth-order valence-corrected chi connectivity index (χ4v) is 4.98. The molecular weight excluding hydrogens is 420 g/mol. The molecule has 0 saturated carbocycles. The van der Waals surface area contributed by atoms with E-state index in [1.807, 2.05) is 36.4 Å². The molecule has 1 aromatic heterocycles. The van der Waals surface area contributed by atoms with Crippen molar-refractivity contribution < 1.29 is 14.6 Å². The Morgan fingerprint density at radius 1 is 1.30 bits per heavy atom. The van der Waals surface area contributed by atoms with Gasteiger partial charge >= 0.3 is 5.97 Å². The van der Waals surface area contributed by atoms with Crippen LogP contribution in [0.3, 0.4) is 0 Å². The van der Waals surface area contributed by atoms with Crippen LogP contribution in [0, 0.1) is 5.92 Å². The van der Waals surface area contributed by atoms with Gasteiger partial charge in [0.2, 0.25) is 0 Å². The van der Waals surface area contributed by atoms with E-state index in [0.717, 1.165) is 57.4 Å². The highest BCUT2D eigenvalue weighted by Gasteiger charge is 2.22. The maximum Gasteiger partial charge on any atom is 0.307 e. The monoisotopic (exact) mass is 442 g/mol. The number of halogens is 1. The lowest BCUT2D eigenvalue weighted by Gasteiger charge is -2.31. The molecule has 30 heavy (non-hydrogen) atoms. The van der Waals surface area contributed by atoms with Gasteiger partial charge in [0.05, 0.1) is 23.2 Å². The smallest absolute Gasteiger partial charge is 0.307 e. The number of aliphatic carboxylic acids is 1. The summed E-state index contributed by atoms with van der Waals surface area (Å²) in [5.41, 5.74) is 2.58. The second-order valence-corrected chi connectivity index (χ2v) is 8.98. The zero-order valence-electron chi connectivity index (χ0n) is 16.5. The van der Waals surface area contributed by atoms with Crippen molar-refractivity contribution in [1.82, 2.24) is 4.98 Å². The zero-order valence-corrected chi connectivity index (χ0v) is 18.1. The third-order valence-electron chi connectivity index (χ3n) is 5.29. The summed E-state index contributed by atoms with van der Waals surface area (Å²) < 4.78 is 7.14. The van der Waals surface area contributed by atoms with Gasteiger partial charge in [-0.05, 0) is 60.2 Å². The van der Waals surface area contributed by atoms with Gasteiger partial charge in [-0.3, -0.25) is 4.79 Å². The van der Waals surface area contributed by atoms with Crippen LogP contribution in [0.1, 0.15) is 24.0 Å². The maximum atomic E-state index is 11.0. The molecule has 5 nitrogen and oxygen atoms in total. The van der Waals surface area contributed by atoms with Crippen LogP contribution >= 0.6 is 22.9 Å². The molecule has 1 N–H and O–H groups in total. The second-order valence-electron chi connectivity index (χ2n) is 7.53. The van der Waals surface area contributed by atoms with Gasteiger partial charge < -0.3 is 14.7 Å². The van der Waals surface area contributed by atoms with Crippen LogP contribution in [0.4, 0.5) is 5.13 Å².